The Morgan fingerprint density at radius 2 is 0.768 bits per heavy atom. The minimum atomic E-state index is 0.658. The molecule has 56 heavy (non-hydrogen) atoms. The third kappa shape index (κ3) is 4.78. The van der Waals surface area contributed by atoms with Crippen LogP contribution in [0.1, 0.15) is 0 Å². The molecule has 0 bridgehead atoms. The summed E-state index contributed by atoms with van der Waals surface area (Å²) < 4.78 is 4.85. The van der Waals surface area contributed by atoms with E-state index < -0.39 is 0 Å². The second-order valence-electron chi connectivity index (χ2n) is 14.3. The average Bonchev–Trinajstić information content (AvgIpc) is 3.84. The van der Waals surface area contributed by atoms with Gasteiger partial charge < -0.3 is 0 Å². The van der Waals surface area contributed by atoms with E-state index in [0.717, 1.165) is 38.6 Å². The summed E-state index contributed by atoms with van der Waals surface area (Å²) in [6.45, 7) is 0. The number of rotatable bonds is 4. The zero-order valence-corrected chi connectivity index (χ0v) is 31.5. The molecule has 5 heteroatoms. The highest BCUT2D eigenvalue weighted by Gasteiger charge is 2.23. The van der Waals surface area contributed by atoms with E-state index in [1.807, 2.05) is 0 Å². The van der Waals surface area contributed by atoms with Crippen LogP contribution < -0.4 is 0 Å². The van der Waals surface area contributed by atoms with E-state index in [-0.39, 0.29) is 0 Å². The molecule has 3 aromatic heterocycles. The Kier molecular flexibility index (Phi) is 6.97. The van der Waals surface area contributed by atoms with Crippen molar-refractivity contribution in [3.63, 3.8) is 0 Å². The van der Waals surface area contributed by atoms with Crippen LogP contribution >= 0.6 is 22.7 Å². The molecule has 260 valence electrons. The highest BCUT2D eigenvalue weighted by atomic mass is 32.1. The lowest BCUT2D eigenvalue weighted by molar-refractivity contribution is 1.08. The predicted molar refractivity (Wildman–Crippen MR) is 240 cm³/mol. The third-order valence-electron chi connectivity index (χ3n) is 11.1. The third-order valence-corrected chi connectivity index (χ3v) is 13.6. The molecule has 0 aliphatic carbocycles. The van der Waals surface area contributed by atoms with E-state index in [2.05, 4.69) is 176 Å². The number of hydrogen-bond acceptors (Lipinski definition) is 5. The maximum Gasteiger partial charge on any atom is 0.165 e. The van der Waals surface area contributed by atoms with Crippen molar-refractivity contribution in [3.8, 4) is 45.3 Å². The SMILES string of the molecule is c1ccc2c(-c3nc(-c4cccc5c4sc4ccccc45)nc(-c4cccc5c4sc4ccccc45)n3)c(-c3cc4ccccc4c4ccccc34)ccc2c1. The normalized spacial score (nSPS) is 11.9. The summed E-state index contributed by atoms with van der Waals surface area (Å²) in [5, 5.41) is 12.0. The molecule has 12 rings (SSSR count). The van der Waals surface area contributed by atoms with E-state index in [0.29, 0.717) is 17.5 Å². The molecule has 0 spiro atoms. The van der Waals surface area contributed by atoms with Gasteiger partial charge in [0.1, 0.15) is 0 Å². The van der Waals surface area contributed by atoms with Crippen molar-refractivity contribution in [2.45, 2.75) is 0 Å². The molecule has 0 atom stereocenters. The molecule has 3 nitrogen and oxygen atoms in total. The van der Waals surface area contributed by atoms with Crippen LogP contribution in [0.3, 0.4) is 0 Å². The largest absolute Gasteiger partial charge is 0.208 e. The zero-order chi connectivity index (χ0) is 36.7. The van der Waals surface area contributed by atoms with Gasteiger partial charge in [-0.1, -0.05) is 146 Å². The van der Waals surface area contributed by atoms with Gasteiger partial charge in [-0.15, -0.1) is 22.7 Å². The Labute approximate surface area is 329 Å². The standard InChI is InChI=1S/C51H29N3S2/c1-4-16-33-30(13-1)27-28-38(43-29-31-14-2-3-15-32(31)34-17-5-6-18-35(34)43)46(33)51-53-49(41-23-11-21-39-36-19-7-9-25-44(36)55-47(39)41)52-50(54-51)42-24-12-22-40-37-20-8-10-26-45(37)56-48(40)42/h1-29H. The van der Waals surface area contributed by atoms with E-state index in [4.69, 9.17) is 15.0 Å². The molecule has 0 aliphatic rings. The number of hydrogen-bond donors (Lipinski definition) is 0. The fourth-order valence-corrected chi connectivity index (χ4v) is 11.0. The van der Waals surface area contributed by atoms with Crippen molar-refractivity contribution in [3.05, 3.63) is 176 Å². The highest BCUT2D eigenvalue weighted by molar-refractivity contribution is 7.26. The molecule has 0 fully saturated rings. The molecular formula is C51H29N3S2. The van der Waals surface area contributed by atoms with E-state index in [1.54, 1.807) is 22.7 Å². The van der Waals surface area contributed by atoms with Gasteiger partial charge in [0.05, 0.1) is 0 Å². The average molecular weight is 748 g/mol. The molecule has 0 N–H and O–H groups in total. The second-order valence-corrected chi connectivity index (χ2v) is 16.4. The summed E-state index contributed by atoms with van der Waals surface area (Å²) in [4.78, 5) is 16.4. The first-order valence-corrected chi connectivity index (χ1v) is 20.4. The number of aromatic nitrogens is 3. The van der Waals surface area contributed by atoms with Crippen LogP contribution in [-0.4, -0.2) is 15.0 Å². The van der Waals surface area contributed by atoms with Crippen molar-refractivity contribution in [1.82, 2.24) is 15.0 Å². The van der Waals surface area contributed by atoms with Gasteiger partial charge in [0.25, 0.3) is 0 Å². The quantitative estimate of drug-likeness (QED) is 0.168. The van der Waals surface area contributed by atoms with Gasteiger partial charge in [0.2, 0.25) is 0 Å². The molecule has 0 aliphatic heterocycles. The minimum absolute atomic E-state index is 0.658. The van der Waals surface area contributed by atoms with Crippen molar-refractivity contribution in [1.29, 1.82) is 0 Å². The first kappa shape index (κ1) is 31.5. The monoisotopic (exact) mass is 747 g/mol. The number of benzene rings is 9. The molecular weight excluding hydrogens is 719 g/mol. The Morgan fingerprint density at radius 1 is 0.286 bits per heavy atom. The highest BCUT2D eigenvalue weighted by Crippen LogP contribution is 2.45. The van der Waals surface area contributed by atoms with E-state index in [1.165, 1.54) is 61.9 Å². The van der Waals surface area contributed by atoms with Gasteiger partial charge in [-0.25, -0.2) is 15.0 Å². The molecule has 3 heterocycles. The van der Waals surface area contributed by atoms with Gasteiger partial charge in [0, 0.05) is 57.0 Å². The lowest BCUT2D eigenvalue weighted by Gasteiger charge is -2.17. The summed E-state index contributed by atoms with van der Waals surface area (Å²) in [5.41, 5.74) is 5.27. The molecule has 0 saturated heterocycles. The minimum Gasteiger partial charge on any atom is -0.208 e. The lowest BCUT2D eigenvalue weighted by atomic mass is 9.88. The lowest BCUT2D eigenvalue weighted by Crippen LogP contribution is -2.02. The first-order valence-electron chi connectivity index (χ1n) is 18.8. The summed E-state index contributed by atoms with van der Waals surface area (Å²) >= 11 is 3.60. The smallest absolute Gasteiger partial charge is 0.165 e. The van der Waals surface area contributed by atoms with E-state index >= 15 is 0 Å². The molecule has 12 aromatic rings. The van der Waals surface area contributed by atoms with Crippen LogP contribution in [0.25, 0.3) is 118 Å². The Balaban J connectivity index is 1.21. The summed E-state index contributed by atoms with van der Waals surface area (Å²) in [7, 11) is 0. The Bertz CT molecular complexity index is 3430. The Morgan fingerprint density at radius 3 is 1.41 bits per heavy atom. The fraction of sp³-hybridized carbons (Fsp3) is 0. The summed E-state index contributed by atoms with van der Waals surface area (Å²) in [5.74, 6) is 2.00. The van der Waals surface area contributed by atoms with Gasteiger partial charge in [0.15, 0.2) is 17.5 Å². The first-order chi connectivity index (χ1) is 27.8. The van der Waals surface area contributed by atoms with E-state index in [9.17, 15) is 0 Å². The Hall–Kier alpha value is -6.79. The van der Waals surface area contributed by atoms with Crippen LogP contribution in [0.15, 0.2) is 176 Å². The van der Waals surface area contributed by atoms with Gasteiger partial charge in [-0.05, 0) is 73.8 Å². The fourth-order valence-electron chi connectivity index (χ4n) is 8.59. The van der Waals surface area contributed by atoms with Crippen LogP contribution in [0.4, 0.5) is 0 Å². The number of thiophene rings is 2. The second kappa shape index (κ2) is 12.4. The predicted octanol–water partition coefficient (Wildman–Crippen LogP) is 14.7. The zero-order valence-electron chi connectivity index (χ0n) is 29.9. The van der Waals surface area contributed by atoms with Crippen LogP contribution in [0.5, 0.6) is 0 Å². The molecule has 0 saturated carbocycles. The molecule has 0 unspecified atom stereocenters. The maximum atomic E-state index is 5.51. The van der Waals surface area contributed by atoms with Crippen LogP contribution in [-0.2, 0) is 0 Å². The van der Waals surface area contributed by atoms with Crippen molar-refractivity contribution >= 4 is 95.3 Å². The van der Waals surface area contributed by atoms with Gasteiger partial charge in [-0.2, -0.15) is 0 Å². The molecule has 0 radical (unpaired) electrons. The maximum absolute atomic E-state index is 5.51. The van der Waals surface area contributed by atoms with Crippen molar-refractivity contribution in [2.24, 2.45) is 0 Å². The topological polar surface area (TPSA) is 38.7 Å². The van der Waals surface area contributed by atoms with Gasteiger partial charge >= 0.3 is 0 Å². The summed E-state index contributed by atoms with van der Waals surface area (Å²) in [6.07, 6.45) is 0. The van der Waals surface area contributed by atoms with Crippen LogP contribution in [0, 0.1) is 0 Å². The van der Waals surface area contributed by atoms with Crippen LogP contribution in [0.2, 0.25) is 0 Å². The number of nitrogens with zero attached hydrogens (tertiary/aromatic N) is 3. The van der Waals surface area contributed by atoms with Gasteiger partial charge in [-0.3, -0.25) is 0 Å². The summed E-state index contributed by atoms with van der Waals surface area (Å²) in [6, 6.07) is 63.2. The molecule has 0 amide bonds. The molecule has 9 aromatic carbocycles. The van der Waals surface area contributed by atoms with Crippen molar-refractivity contribution in [2.75, 3.05) is 0 Å². The van der Waals surface area contributed by atoms with Crippen molar-refractivity contribution < 1.29 is 0 Å². The number of fused-ring (bicyclic) bond motifs is 10.